The van der Waals surface area contributed by atoms with Gasteiger partial charge in [-0.1, -0.05) is 27.7 Å². The summed E-state index contributed by atoms with van der Waals surface area (Å²) in [5.41, 5.74) is 0. The van der Waals surface area contributed by atoms with Crippen LogP contribution >= 0.6 is 43.6 Å². The summed E-state index contributed by atoms with van der Waals surface area (Å²) in [4.78, 5) is 9.30. The van der Waals surface area contributed by atoms with Crippen molar-refractivity contribution in [3.63, 3.8) is 0 Å². The molecule has 1 aromatic carbocycles. The highest BCUT2D eigenvalue weighted by Gasteiger charge is 1.99. The van der Waals surface area contributed by atoms with E-state index < -0.39 is 0 Å². The molecule has 2 nitrogen and oxygen atoms in total. The lowest BCUT2D eigenvalue weighted by Crippen LogP contribution is -1.82. The Labute approximate surface area is 109 Å². The maximum atomic E-state index is 4.17. The highest BCUT2D eigenvalue weighted by Crippen LogP contribution is 2.27. The van der Waals surface area contributed by atoms with Gasteiger partial charge >= 0.3 is 0 Å². The molecule has 0 saturated carbocycles. The first-order valence-electron chi connectivity index (χ1n) is 4.15. The van der Waals surface area contributed by atoms with Crippen molar-refractivity contribution in [2.45, 2.75) is 9.92 Å². The molecule has 0 amide bonds. The topological polar surface area (TPSA) is 25.8 Å². The first kappa shape index (κ1) is 11.1. The average molecular weight is 346 g/mol. The van der Waals surface area contributed by atoms with Crippen LogP contribution in [-0.2, 0) is 0 Å². The predicted molar refractivity (Wildman–Crippen MR) is 68.0 cm³/mol. The molecule has 0 N–H and O–H groups in total. The highest BCUT2D eigenvalue weighted by atomic mass is 79.9. The van der Waals surface area contributed by atoms with Gasteiger partial charge in [0.1, 0.15) is 16.0 Å². The molecule has 0 aliphatic rings. The first-order valence-corrected chi connectivity index (χ1v) is 6.55. The van der Waals surface area contributed by atoms with Crippen LogP contribution in [0.4, 0.5) is 0 Å². The molecule has 0 aliphatic carbocycles. The third-order valence-corrected chi connectivity index (χ3v) is 3.55. The van der Waals surface area contributed by atoms with Crippen molar-refractivity contribution in [1.29, 1.82) is 0 Å². The lowest BCUT2D eigenvalue weighted by molar-refractivity contribution is 1.03. The SMILES string of the molecule is Brc1ccc(Sc2cc(Br)ncn2)cc1. The third-order valence-electron chi connectivity index (χ3n) is 1.64. The minimum Gasteiger partial charge on any atom is -0.230 e. The van der Waals surface area contributed by atoms with Gasteiger partial charge in [0.15, 0.2) is 0 Å². The van der Waals surface area contributed by atoms with Crippen molar-refractivity contribution in [3.8, 4) is 0 Å². The lowest BCUT2D eigenvalue weighted by Gasteiger charge is -2.00. The second kappa shape index (κ2) is 5.09. The summed E-state index contributed by atoms with van der Waals surface area (Å²) in [5.74, 6) is 0. The number of nitrogens with zero attached hydrogens (tertiary/aromatic N) is 2. The number of hydrogen-bond donors (Lipinski definition) is 0. The van der Waals surface area contributed by atoms with Gasteiger partial charge in [0.25, 0.3) is 0 Å². The molecule has 0 radical (unpaired) electrons. The van der Waals surface area contributed by atoms with Gasteiger partial charge in [-0.3, -0.25) is 0 Å². The summed E-state index contributed by atoms with van der Waals surface area (Å²) in [7, 11) is 0. The van der Waals surface area contributed by atoms with Crippen LogP contribution < -0.4 is 0 Å². The van der Waals surface area contributed by atoms with Crippen LogP contribution in [-0.4, -0.2) is 9.97 Å². The summed E-state index contributed by atoms with van der Waals surface area (Å²) in [6, 6.07) is 10.0. The monoisotopic (exact) mass is 344 g/mol. The zero-order valence-electron chi connectivity index (χ0n) is 7.52. The quantitative estimate of drug-likeness (QED) is 0.764. The standard InChI is InChI=1S/C10H6Br2N2S/c11-7-1-3-8(4-2-7)15-10-5-9(12)13-6-14-10/h1-6H. The van der Waals surface area contributed by atoms with Crippen LogP contribution in [0.25, 0.3) is 0 Å². The second-order valence-electron chi connectivity index (χ2n) is 2.73. The molecule has 0 spiro atoms. The van der Waals surface area contributed by atoms with E-state index in [2.05, 4.69) is 41.8 Å². The Kier molecular flexibility index (Phi) is 3.77. The van der Waals surface area contributed by atoms with Gasteiger partial charge in [0, 0.05) is 15.4 Å². The van der Waals surface area contributed by atoms with Gasteiger partial charge in [0.05, 0.1) is 0 Å². The van der Waals surface area contributed by atoms with Gasteiger partial charge in [-0.05, 0) is 40.2 Å². The maximum Gasteiger partial charge on any atom is 0.118 e. The van der Waals surface area contributed by atoms with E-state index in [9.17, 15) is 0 Å². The van der Waals surface area contributed by atoms with Gasteiger partial charge < -0.3 is 0 Å². The van der Waals surface area contributed by atoms with Crippen LogP contribution in [0.1, 0.15) is 0 Å². The van der Waals surface area contributed by atoms with Crippen LogP contribution in [0.3, 0.4) is 0 Å². The molecule has 0 fully saturated rings. The van der Waals surface area contributed by atoms with E-state index in [1.165, 1.54) is 0 Å². The molecule has 15 heavy (non-hydrogen) atoms. The molecule has 2 aromatic rings. The normalized spacial score (nSPS) is 10.3. The fourth-order valence-corrected chi connectivity index (χ4v) is 2.50. The summed E-state index contributed by atoms with van der Waals surface area (Å²) < 4.78 is 1.88. The van der Waals surface area contributed by atoms with Crippen molar-refractivity contribution in [2.75, 3.05) is 0 Å². The molecule has 0 bridgehead atoms. The Hall–Kier alpha value is -0.390. The summed E-state index contributed by atoms with van der Waals surface area (Å²) in [5, 5.41) is 0.930. The molecule has 0 aliphatic heterocycles. The third kappa shape index (κ3) is 3.29. The zero-order chi connectivity index (χ0) is 10.7. The number of rotatable bonds is 2. The Bertz CT molecular complexity index is 459. The van der Waals surface area contributed by atoms with E-state index in [1.807, 2.05) is 30.3 Å². The molecule has 5 heteroatoms. The van der Waals surface area contributed by atoms with Gasteiger partial charge in [-0.15, -0.1) is 0 Å². The van der Waals surface area contributed by atoms with Crippen LogP contribution in [0.15, 0.2) is 55.7 Å². The second-order valence-corrected chi connectivity index (χ2v) is 5.56. The molecule has 0 saturated heterocycles. The molecule has 1 aromatic heterocycles. The molecule has 2 rings (SSSR count). The van der Waals surface area contributed by atoms with E-state index >= 15 is 0 Å². The average Bonchev–Trinajstić information content (AvgIpc) is 2.22. The van der Waals surface area contributed by atoms with Crippen molar-refractivity contribution < 1.29 is 0 Å². The number of benzene rings is 1. The molecule has 0 atom stereocenters. The number of halogens is 2. The first-order chi connectivity index (χ1) is 7.24. The minimum atomic E-state index is 0.803. The zero-order valence-corrected chi connectivity index (χ0v) is 11.5. The Morgan fingerprint density at radius 2 is 1.73 bits per heavy atom. The van der Waals surface area contributed by atoms with Crippen molar-refractivity contribution in [1.82, 2.24) is 9.97 Å². The van der Waals surface area contributed by atoms with E-state index in [1.54, 1.807) is 18.1 Å². The number of aromatic nitrogens is 2. The fraction of sp³-hybridized carbons (Fsp3) is 0. The Balaban J connectivity index is 2.18. The van der Waals surface area contributed by atoms with Crippen LogP contribution in [0, 0.1) is 0 Å². The Morgan fingerprint density at radius 1 is 1.00 bits per heavy atom. The van der Waals surface area contributed by atoms with E-state index in [-0.39, 0.29) is 0 Å². The molecule has 76 valence electrons. The molecule has 0 unspecified atom stereocenters. The van der Waals surface area contributed by atoms with Crippen molar-refractivity contribution >= 4 is 43.6 Å². The van der Waals surface area contributed by atoms with E-state index in [0.717, 1.165) is 19.0 Å². The lowest BCUT2D eigenvalue weighted by atomic mass is 10.4. The fourth-order valence-electron chi connectivity index (χ4n) is 0.997. The van der Waals surface area contributed by atoms with E-state index in [4.69, 9.17) is 0 Å². The highest BCUT2D eigenvalue weighted by molar-refractivity contribution is 9.10. The van der Waals surface area contributed by atoms with E-state index in [0.29, 0.717) is 0 Å². The maximum absolute atomic E-state index is 4.17. The van der Waals surface area contributed by atoms with Gasteiger partial charge in [-0.25, -0.2) is 9.97 Å². The van der Waals surface area contributed by atoms with Crippen LogP contribution in [0.2, 0.25) is 0 Å². The summed E-state index contributed by atoms with van der Waals surface area (Å²) in [6.45, 7) is 0. The number of hydrogen-bond acceptors (Lipinski definition) is 3. The largest absolute Gasteiger partial charge is 0.230 e. The Morgan fingerprint density at radius 3 is 2.40 bits per heavy atom. The smallest absolute Gasteiger partial charge is 0.118 e. The van der Waals surface area contributed by atoms with Crippen molar-refractivity contribution in [3.05, 3.63) is 45.7 Å². The minimum absolute atomic E-state index is 0.803. The summed E-state index contributed by atoms with van der Waals surface area (Å²) >= 11 is 8.32. The van der Waals surface area contributed by atoms with Gasteiger partial charge in [0.2, 0.25) is 0 Å². The molecule has 1 heterocycles. The molecular formula is C10H6Br2N2S. The molecular weight excluding hydrogens is 340 g/mol. The predicted octanol–water partition coefficient (Wildman–Crippen LogP) is 4.15. The van der Waals surface area contributed by atoms with Crippen LogP contribution in [0.5, 0.6) is 0 Å². The summed E-state index contributed by atoms with van der Waals surface area (Å²) in [6.07, 6.45) is 1.55. The van der Waals surface area contributed by atoms with Crippen molar-refractivity contribution in [2.24, 2.45) is 0 Å². The van der Waals surface area contributed by atoms with Gasteiger partial charge in [-0.2, -0.15) is 0 Å².